The van der Waals surface area contributed by atoms with Gasteiger partial charge in [-0.25, -0.2) is 0 Å². The maximum atomic E-state index is 3.49. The Bertz CT molecular complexity index is 566. The molecule has 2 nitrogen and oxygen atoms in total. The van der Waals surface area contributed by atoms with Crippen molar-refractivity contribution in [2.75, 3.05) is 0 Å². The predicted molar refractivity (Wildman–Crippen MR) is 80.4 cm³/mol. The first-order valence-corrected chi connectivity index (χ1v) is 7.71. The SMILES string of the molecule is Brc1ccc(P(n2cccc2)n2cccc2)cc1. The predicted octanol–water partition coefficient (Wildman–Crippen LogP) is 4.09. The molecule has 1 aromatic carbocycles. The van der Waals surface area contributed by atoms with Crippen molar-refractivity contribution in [1.29, 1.82) is 0 Å². The van der Waals surface area contributed by atoms with E-state index in [1.807, 2.05) is 0 Å². The van der Waals surface area contributed by atoms with Crippen molar-refractivity contribution < 1.29 is 0 Å². The van der Waals surface area contributed by atoms with Gasteiger partial charge in [0.05, 0.1) is 0 Å². The molecule has 3 aromatic rings. The molecule has 0 aliphatic heterocycles. The van der Waals surface area contributed by atoms with Gasteiger partial charge in [-0.15, -0.1) is 0 Å². The molecule has 0 unspecified atom stereocenters. The number of hydrogen-bond donors (Lipinski definition) is 0. The lowest BCUT2D eigenvalue weighted by molar-refractivity contribution is 1.15. The molecule has 0 atom stereocenters. The molecule has 90 valence electrons. The van der Waals surface area contributed by atoms with Gasteiger partial charge in [0.15, 0.2) is 0 Å². The standard InChI is InChI=1S/C14H12BrN2P/c15-13-5-7-14(8-6-13)18(16-9-1-2-10-16)17-11-3-4-12-17/h1-12H. The molecule has 0 saturated carbocycles. The second kappa shape index (κ2) is 5.13. The van der Waals surface area contributed by atoms with Crippen molar-refractivity contribution in [3.05, 3.63) is 77.8 Å². The van der Waals surface area contributed by atoms with Crippen LogP contribution in [0.4, 0.5) is 0 Å². The fraction of sp³-hybridized carbons (Fsp3) is 0. The summed E-state index contributed by atoms with van der Waals surface area (Å²) in [5.74, 6) is 0. The molecule has 2 heterocycles. The van der Waals surface area contributed by atoms with Crippen molar-refractivity contribution in [2.24, 2.45) is 0 Å². The van der Waals surface area contributed by atoms with Crippen LogP contribution in [0.5, 0.6) is 0 Å². The lowest BCUT2D eigenvalue weighted by atomic mass is 10.4. The minimum absolute atomic E-state index is 0.572. The number of hydrogen-bond acceptors (Lipinski definition) is 0. The van der Waals surface area contributed by atoms with E-state index in [1.54, 1.807) is 0 Å². The fourth-order valence-corrected chi connectivity index (χ4v) is 4.13. The molecular formula is C14H12BrN2P. The van der Waals surface area contributed by atoms with Crippen molar-refractivity contribution in [2.45, 2.75) is 0 Å². The Balaban J connectivity index is 2.08. The van der Waals surface area contributed by atoms with Crippen molar-refractivity contribution >= 4 is 29.5 Å². The number of halogens is 1. The molecule has 0 aliphatic carbocycles. The highest BCUT2D eigenvalue weighted by Crippen LogP contribution is 2.38. The Kier molecular flexibility index (Phi) is 3.35. The van der Waals surface area contributed by atoms with E-state index >= 15 is 0 Å². The average Bonchev–Trinajstić information content (AvgIpc) is 3.06. The van der Waals surface area contributed by atoms with Crippen molar-refractivity contribution in [1.82, 2.24) is 8.68 Å². The molecule has 4 heteroatoms. The van der Waals surface area contributed by atoms with E-state index < -0.39 is 8.22 Å². The largest absolute Gasteiger partial charge is 0.312 e. The summed E-state index contributed by atoms with van der Waals surface area (Å²) in [5, 5.41) is 1.32. The van der Waals surface area contributed by atoms with E-state index in [0.717, 1.165) is 4.47 Å². The first kappa shape index (κ1) is 11.8. The first-order valence-electron chi connectivity index (χ1n) is 5.67. The molecule has 0 N–H and O–H groups in total. The quantitative estimate of drug-likeness (QED) is 0.644. The summed E-state index contributed by atoms with van der Waals surface area (Å²) >= 11 is 3.49. The van der Waals surface area contributed by atoms with E-state index in [-0.39, 0.29) is 0 Å². The third kappa shape index (κ3) is 2.29. The third-order valence-corrected chi connectivity index (χ3v) is 5.37. The van der Waals surface area contributed by atoms with E-state index in [2.05, 4.69) is 97.9 Å². The van der Waals surface area contributed by atoms with Gasteiger partial charge in [0.25, 0.3) is 0 Å². The molecule has 0 bridgehead atoms. The van der Waals surface area contributed by atoms with Gasteiger partial charge in [-0.1, -0.05) is 15.9 Å². The molecule has 0 aliphatic rings. The highest BCUT2D eigenvalue weighted by Gasteiger charge is 2.14. The summed E-state index contributed by atoms with van der Waals surface area (Å²) in [4.78, 5) is 0. The highest BCUT2D eigenvalue weighted by atomic mass is 79.9. The zero-order valence-electron chi connectivity index (χ0n) is 9.65. The monoisotopic (exact) mass is 318 g/mol. The second-order valence-corrected chi connectivity index (χ2v) is 6.83. The van der Waals surface area contributed by atoms with E-state index in [1.165, 1.54) is 5.30 Å². The van der Waals surface area contributed by atoms with Gasteiger partial charge in [-0.3, -0.25) is 0 Å². The van der Waals surface area contributed by atoms with Crippen LogP contribution in [0.25, 0.3) is 0 Å². The number of rotatable bonds is 3. The average molecular weight is 319 g/mol. The van der Waals surface area contributed by atoms with E-state index in [9.17, 15) is 0 Å². The van der Waals surface area contributed by atoms with Crippen molar-refractivity contribution in [3.63, 3.8) is 0 Å². The Hall–Kier alpha value is -1.31. The molecule has 0 radical (unpaired) electrons. The normalized spacial score (nSPS) is 11.0. The molecule has 0 saturated heterocycles. The summed E-state index contributed by atoms with van der Waals surface area (Å²) in [6, 6.07) is 16.8. The van der Waals surface area contributed by atoms with Gasteiger partial charge >= 0.3 is 0 Å². The van der Waals surface area contributed by atoms with Gasteiger partial charge in [0.2, 0.25) is 0 Å². The van der Waals surface area contributed by atoms with Crippen molar-refractivity contribution in [3.8, 4) is 0 Å². The Labute approximate surface area is 116 Å². The molecular weight excluding hydrogens is 307 g/mol. The topological polar surface area (TPSA) is 9.86 Å². The summed E-state index contributed by atoms with van der Waals surface area (Å²) in [6.45, 7) is 0. The minimum Gasteiger partial charge on any atom is -0.312 e. The molecule has 0 spiro atoms. The van der Waals surface area contributed by atoms with Crippen LogP contribution in [-0.2, 0) is 0 Å². The summed E-state index contributed by atoms with van der Waals surface area (Å²) in [6.07, 6.45) is 8.48. The molecule has 2 aromatic heterocycles. The maximum Gasteiger partial charge on any atom is 0.136 e. The zero-order chi connectivity index (χ0) is 12.4. The number of aromatic nitrogens is 2. The van der Waals surface area contributed by atoms with Gasteiger partial charge in [-0.05, 0) is 48.5 Å². The molecule has 0 amide bonds. The smallest absolute Gasteiger partial charge is 0.136 e. The van der Waals surface area contributed by atoms with Crippen LogP contribution in [0, 0.1) is 0 Å². The second-order valence-electron chi connectivity index (χ2n) is 3.89. The van der Waals surface area contributed by atoms with E-state index in [0.29, 0.717) is 0 Å². The number of benzene rings is 1. The lowest BCUT2D eigenvalue weighted by Crippen LogP contribution is -2.10. The number of nitrogens with zero attached hydrogens (tertiary/aromatic N) is 2. The Morgan fingerprint density at radius 1 is 0.722 bits per heavy atom. The van der Waals surface area contributed by atoms with Crippen LogP contribution >= 0.6 is 24.2 Å². The summed E-state index contributed by atoms with van der Waals surface area (Å²) in [7, 11) is -0.572. The summed E-state index contributed by atoms with van der Waals surface area (Å²) < 4.78 is 5.64. The Morgan fingerprint density at radius 3 is 1.61 bits per heavy atom. The van der Waals surface area contributed by atoms with Crippen LogP contribution in [-0.4, -0.2) is 8.68 Å². The Morgan fingerprint density at radius 2 is 1.17 bits per heavy atom. The van der Waals surface area contributed by atoms with Crippen LogP contribution in [0.1, 0.15) is 0 Å². The highest BCUT2D eigenvalue weighted by molar-refractivity contribution is 9.10. The third-order valence-electron chi connectivity index (χ3n) is 2.67. The minimum atomic E-state index is -0.572. The van der Waals surface area contributed by atoms with Crippen LogP contribution in [0.2, 0.25) is 0 Å². The molecule has 0 fully saturated rings. The van der Waals surface area contributed by atoms with Gasteiger partial charge in [0.1, 0.15) is 8.22 Å². The first-order chi connectivity index (χ1) is 8.84. The van der Waals surface area contributed by atoms with Gasteiger partial charge < -0.3 is 8.68 Å². The van der Waals surface area contributed by atoms with Crippen LogP contribution < -0.4 is 5.30 Å². The zero-order valence-corrected chi connectivity index (χ0v) is 12.1. The molecule has 18 heavy (non-hydrogen) atoms. The van der Waals surface area contributed by atoms with E-state index in [4.69, 9.17) is 0 Å². The molecule has 3 rings (SSSR count). The maximum absolute atomic E-state index is 3.49. The van der Waals surface area contributed by atoms with Crippen LogP contribution in [0.3, 0.4) is 0 Å². The van der Waals surface area contributed by atoms with Crippen LogP contribution in [0.15, 0.2) is 77.8 Å². The van der Waals surface area contributed by atoms with Gasteiger partial charge in [-0.2, -0.15) is 0 Å². The van der Waals surface area contributed by atoms with Gasteiger partial charge in [0, 0.05) is 34.6 Å². The fourth-order valence-electron chi connectivity index (χ4n) is 1.86. The lowest BCUT2D eigenvalue weighted by Gasteiger charge is -2.20. The summed E-state index contributed by atoms with van der Waals surface area (Å²) in [5.41, 5.74) is 0.